The predicted octanol–water partition coefficient (Wildman–Crippen LogP) is 3.62. The van der Waals surface area contributed by atoms with Crippen LogP contribution >= 0.6 is 0 Å². The lowest BCUT2D eigenvalue weighted by molar-refractivity contribution is -0.141. The first-order chi connectivity index (χ1) is 16.0. The standard InChI is InChI=1S/C24H29N3O6S/c1-16-9-11-20(12-10-16)23-25-22(18(3)33-23)15-32-21-8-6-7-19(13-21)14-27(17(2)24(28)29)34(30,31)26(4)5/h6-13,17H,14-15H2,1-5H3,(H,28,29)/t17-/m0/s1. The lowest BCUT2D eigenvalue weighted by atomic mass is 10.1. The maximum Gasteiger partial charge on any atom is 0.321 e. The van der Waals surface area contributed by atoms with Crippen molar-refractivity contribution in [3.05, 3.63) is 71.1 Å². The highest BCUT2D eigenvalue weighted by atomic mass is 32.2. The second-order valence-corrected chi connectivity index (χ2v) is 10.3. The number of aryl methyl sites for hydroxylation is 2. The molecule has 0 saturated heterocycles. The summed E-state index contributed by atoms with van der Waals surface area (Å²) >= 11 is 0. The van der Waals surface area contributed by atoms with Gasteiger partial charge in [-0.3, -0.25) is 4.79 Å². The van der Waals surface area contributed by atoms with Crippen LogP contribution < -0.4 is 4.74 Å². The van der Waals surface area contributed by atoms with Gasteiger partial charge >= 0.3 is 5.97 Å². The lowest BCUT2D eigenvalue weighted by Crippen LogP contribution is -2.47. The monoisotopic (exact) mass is 487 g/mol. The number of aromatic nitrogens is 1. The first-order valence-corrected chi connectivity index (χ1v) is 12.1. The summed E-state index contributed by atoms with van der Waals surface area (Å²) in [5.41, 5.74) is 3.26. The van der Waals surface area contributed by atoms with E-state index in [-0.39, 0.29) is 13.2 Å². The molecule has 1 atom stereocenters. The van der Waals surface area contributed by atoms with Gasteiger partial charge in [0.1, 0.15) is 29.9 Å². The Hall–Kier alpha value is -3.21. The summed E-state index contributed by atoms with van der Waals surface area (Å²) in [4.78, 5) is 16.1. The van der Waals surface area contributed by atoms with Crippen molar-refractivity contribution in [1.82, 2.24) is 13.6 Å². The third-order valence-electron chi connectivity index (χ3n) is 5.35. The van der Waals surface area contributed by atoms with Crippen LogP contribution in [0, 0.1) is 13.8 Å². The summed E-state index contributed by atoms with van der Waals surface area (Å²) in [6.45, 7) is 5.21. The van der Waals surface area contributed by atoms with Gasteiger partial charge in [-0.2, -0.15) is 17.0 Å². The smallest absolute Gasteiger partial charge is 0.321 e. The first-order valence-electron chi connectivity index (χ1n) is 10.7. The largest absolute Gasteiger partial charge is 0.487 e. The highest BCUT2D eigenvalue weighted by molar-refractivity contribution is 7.86. The van der Waals surface area contributed by atoms with Crippen molar-refractivity contribution < 1.29 is 27.5 Å². The van der Waals surface area contributed by atoms with E-state index in [1.54, 1.807) is 24.3 Å². The molecule has 0 aliphatic carbocycles. The van der Waals surface area contributed by atoms with Crippen molar-refractivity contribution in [1.29, 1.82) is 0 Å². The molecule has 0 aliphatic heterocycles. The van der Waals surface area contributed by atoms with Crippen LogP contribution in [0.25, 0.3) is 11.5 Å². The Morgan fingerprint density at radius 2 is 1.82 bits per heavy atom. The number of carboxylic acid groups (broad SMARTS) is 1. The first kappa shape index (κ1) is 25.4. The van der Waals surface area contributed by atoms with Crippen molar-refractivity contribution >= 4 is 16.2 Å². The second-order valence-electron chi connectivity index (χ2n) is 8.17. The van der Waals surface area contributed by atoms with Gasteiger partial charge in [-0.15, -0.1) is 0 Å². The second kappa shape index (κ2) is 10.4. The van der Waals surface area contributed by atoms with Gasteiger partial charge in [0, 0.05) is 26.2 Å². The van der Waals surface area contributed by atoms with E-state index in [9.17, 15) is 18.3 Å². The average molecular weight is 488 g/mol. The Morgan fingerprint density at radius 1 is 1.15 bits per heavy atom. The number of carbonyl (C=O) groups is 1. The number of aliphatic carboxylic acids is 1. The molecule has 2 aromatic carbocycles. The zero-order valence-corrected chi connectivity index (χ0v) is 20.7. The minimum Gasteiger partial charge on any atom is -0.487 e. The van der Waals surface area contributed by atoms with Gasteiger partial charge in [0.2, 0.25) is 5.89 Å². The zero-order chi connectivity index (χ0) is 25.0. The van der Waals surface area contributed by atoms with E-state index in [1.807, 2.05) is 38.1 Å². The van der Waals surface area contributed by atoms with Crippen LogP contribution in [0.5, 0.6) is 5.75 Å². The maximum absolute atomic E-state index is 12.7. The lowest BCUT2D eigenvalue weighted by Gasteiger charge is -2.28. The van der Waals surface area contributed by atoms with E-state index in [4.69, 9.17) is 9.15 Å². The summed E-state index contributed by atoms with van der Waals surface area (Å²) in [6, 6.07) is 13.5. The Morgan fingerprint density at radius 3 is 2.44 bits per heavy atom. The molecule has 0 radical (unpaired) electrons. The van der Waals surface area contributed by atoms with Crippen molar-refractivity contribution in [2.45, 2.75) is 40.0 Å². The van der Waals surface area contributed by atoms with Gasteiger partial charge in [-0.25, -0.2) is 4.98 Å². The van der Waals surface area contributed by atoms with Gasteiger partial charge in [0.05, 0.1) is 0 Å². The Bertz CT molecular complexity index is 1250. The van der Waals surface area contributed by atoms with Crippen LogP contribution in [0.2, 0.25) is 0 Å². The molecule has 9 nitrogen and oxygen atoms in total. The van der Waals surface area contributed by atoms with Gasteiger partial charge < -0.3 is 14.3 Å². The number of benzene rings is 2. The third kappa shape index (κ3) is 5.82. The fraction of sp³-hybridized carbons (Fsp3) is 0.333. The number of oxazole rings is 1. The van der Waals surface area contributed by atoms with Crippen molar-refractivity contribution in [3.63, 3.8) is 0 Å². The SMILES string of the molecule is Cc1ccc(-c2nc(COc3cccc(CN([C@@H](C)C(=O)O)S(=O)(=O)N(C)C)c3)c(C)o2)cc1. The molecule has 1 aromatic heterocycles. The Labute approximate surface area is 199 Å². The topological polar surface area (TPSA) is 113 Å². The molecule has 3 aromatic rings. The van der Waals surface area contributed by atoms with Crippen molar-refractivity contribution in [2.75, 3.05) is 14.1 Å². The summed E-state index contributed by atoms with van der Waals surface area (Å²) in [7, 11) is -1.23. The number of carboxylic acids is 1. The maximum atomic E-state index is 12.7. The van der Waals surface area contributed by atoms with Crippen LogP contribution in [0.4, 0.5) is 0 Å². The molecule has 0 amide bonds. The molecular weight excluding hydrogens is 458 g/mol. The van der Waals surface area contributed by atoms with E-state index in [2.05, 4.69) is 4.98 Å². The number of rotatable bonds is 10. The minimum atomic E-state index is -3.96. The highest BCUT2D eigenvalue weighted by Crippen LogP contribution is 2.24. The average Bonchev–Trinajstić information content (AvgIpc) is 3.16. The number of hydrogen-bond acceptors (Lipinski definition) is 6. The predicted molar refractivity (Wildman–Crippen MR) is 127 cm³/mol. The van der Waals surface area contributed by atoms with Crippen LogP contribution in [0.15, 0.2) is 52.9 Å². The number of nitrogens with zero attached hydrogens (tertiary/aromatic N) is 3. The van der Waals surface area contributed by atoms with E-state index in [0.717, 1.165) is 19.7 Å². The molecule has 0 bridgehead atoms. The Balaban J connectivity index is 1.76. The van der Waals surface area contributed by atoms with Gasteiger partial charge in [0.15, 0.2) is 0 Å². The Kier molecular flexibility index (Phi) is 7.75. The van der Waals surface area contributed by atoms with Crippen molar-refractivity contribution in [2.24, 2.45) is 0 Å². The molecule has 10 heteroatoms. The highest BCUT2D eigenvalue weighted by Gasteiger charge is 2.33. The molecule has 0 aliphatic rings. The molecule has 1 heterocycles. The molecule has 0 spiro atoms. The van der Waals surface area contributed by atoms with Crippen LogP contribution in [-0.4, -0.2) is 53.2 Å². The van der Waals surface area contributed by atoms with E-state index in [0.29, 0.717) is 28.7 Å². The summed E-state index contributed by atoms with van der Waals surface area (Å²) < 4.78 is 39.0. The fourth-order valence-electron chi connectivity index (χ4n) is 3.20. The molecular formula is C24H29N3O6S. The molecule has 0 unspecified atom stereocenters. The van der Waals surface area contributed by atoms with E-state index >= 15 is 0 Å². The molecule has 34 heavy (non-hydrogen) atoms. The van der Waals surface area contributed by atoms with Gasteiger partial charge in [0.25, 0.3) is 10.2 Å². The molecule has 3 rings (SSSR count). The van der Waals surface area contributed by atoms with Crippen LogP contribution in [0.3, 0.4) is 0 Å². The molecule has 0 fully saturated rings. The molecule has 182 valence electrons. The van der Waals surface area contributed by atoms with Gasteiger partial charge in [-0.1, -0.05) is 29.8 Å². The zero-order valence-electron chi connectivity index (χ0n) is 19.8. The summed E-state index contributed by atoms with van der Waals surface area (Å²) in [5, 5.41) is 9.40. The van der Waals surface area contributed by atoms with E-state index in [1.165, 1.54) is 21.0 Å². The van der Waals surface area contributed by atoms with E-state index < -0.39 is 22.2 Å². The summed E-state index contributed by atoms with van der Waals surface area (Å²) in [5.74, 6) is 0.424. The minimum absolute atomic E-state index is 0.119. The fourth-order valence-corrected chi connectivity index (χ4v) is 4.42. The summed E-state index contributed by atoms with van der Waals surface area (Å²) in [6.07, 6.45) is 0. The molecule has 0 saturated carbocycles. The normalized spacial score (nSPS) is 12.8. The number of hydrogen-bond donors (Lipinski definition) is 1. The van der Waals surface area contributed by atoms with Crippen LogP contribution in [0.1, 0.15) is 29.5 Å². The molecule has 1 N–H and O–H groups in total. The third-order valence-corrected chi connectivity index (χ3v) is 7.31. The quantitative estimate of drug-likeness (QED) is 0.465. The van der Waals surface area contributed by atoms with Crippen LogP contribution in [-0.2, 0) is 28.2 Å². The van der Waals surface area contributed by atoms with Gasteiger partial charge in [-0.05, 0) is 50.6 Å². The van der Waals surface area contributed by atoms with Crippen molar-refractivity contribution in [3.8, 4) is 17.2 Å². The number of ether oxygens (including phenoxy) is 1.